The Labute approximate surface area is 89.9 Å². The lowest BCUT2D eigenvalue weighted by Gasteiger charge is -2.28. The van der Waals surface area contributed by atoms with Crippen LogP contribution in [0.3, 0.4) is 0 Å². The Hall–Kier alpha value is -1.30. The number of hydrazine groups is 4. The van der Waals surface area contributed by atoms with Gasteiger partial charge in [-0.25, -0.2) is 16.0 Å². The van der Waals surface area contributed by atoms with Crippen molar-refractivity contribution in [3.63, 3.8) is 0 Å². The quantitative estimate of drug-likeness (QED) is 0.690. The molecule has 1 aromatic carbocycles. The fourth-order valence-corrected chi connectivity index (χ4v) is 1.59. The summed E-state index contributed by atoms with van der Waals surface area (Å²) in [4.78, 5) is 0. The van der Waals surface area contributed by atoms with Crippen molar-refractivity contribution in [2.45, 2.75) is 13.8 Å². The first-order chi connectivity index (χ1) is 7.36. The van der Waals surface area contributed by atoms with Gasteiger partial charge in [0.05, 0.1) is 11.4 Å². The summed E-state index contributed by atoms with van der Waals surface area (Å²) < 4.78 is 0. The average Bonchev–Trinajstić information content (AvgIpc) is 2.59. The SMILES string of the molecule is CCNN1Nc2ccccc2N1NCC. The van der Waals surface area contributed by atoms with Crippen LogP contribution >= 0.6 is 0 Å². The summed E-state index contributed by atoms with van der Waals surface area (Å²) in [5.41, 5.74) is 12.0. The number of benzene rings is 1. The second-order valence-corrected chi connectivity index (χ2v) is 3.28. The van der Waals surface area contributed by atoms with Crippen LogP contribution in [0.15, 0.2) is 24.3 Å². The smallest absolute Gasteiger partial charge is 0.0983 e. The molecule has 15 heavy (non-hydrogen) atoms. The van der Waals surface area contributed by atoms with Crippen LogP contribution in [-0.4, -0.2) is 18.3 Å². The molecule has 1 heterocycles. The molecule has 1 aromatic rings. The van der Waals surface area contributed by atoms with Crippen molar-refractivity contribution >= 4 is 11.4 Å². The summed E-state index contributed by atoms with van der Waals surface area (Å²) in [5.74, 6) is 0. The van der Waals surface area contributed by atoms with Crippen molar-refractivity contribution in [1.29, 1.82) is 0 Å². The maximum Gasteiger partial charge on any atom is 0.0983 e. The van der Waals surface area contributed by atoms with Crippen LogP contribution in [0.2, 0.25) is 0 Å². The second-order valence-electron chi connectivity index (χ2n) is 3.28. The Morgan fingerprint density at radius 3 is 2.60 bits per heavy atom. The Balaban J connectivity index is 2.21. The van der Waals surface area contributed by atoms with E-state index in [0.29, 0.717) is 0 Å². The molecular formula is C10H17N5. The van der Waals surface area contributed by atoms with Crippen LogP contribution in [0.5, 0.6) is 0 Å². The number of nitrogens with zero attached hydrogens (tertiary/aromatic N) is 2. The molecule has 1 aliphatic rings. The van der Waals surface area contributed by atoms with Gasteiger partial charge < -0.3 is 0 Å². The van der Waals surface area contributed by atoms with Crippen LogP contribution in [0.4, 0.5) is 11.4 Å². The van der Waals surface area contributed by atoms with E-state index < -0.39 is 0 Å². The minimum atomic E-state index is 0.864. The third-order valence-corrected chi connectivity index (χ3v) is 2.17. The van der Waals surface area contributed by atoms with Gasteiger partial charge in [-0.05, 0) is 17.4 Å². The highest BCUT2D eigenvalue weighted by atomic mass is 16.0. The van der Waals surface area contributed by atoms with E-state index in [2.05, 4.69) is 42.3 Å². The lowest BCUT2D eigenvalue weighted by molar-refractivity contribution is 0.203. The molecule has 0 unspecified atom stereocenters. The van der Waals surface area contributed by atoms with Crippen LogP contribution in [-0.2, 0) is 0 Å². The zero-order chi connectivity index (χ0) is 10.7. The number of hydrogen-bond donors (Lipinski definition) is 3. The van der Waals surface area contributed by atoms with Gasteiger partial charge in [0.25, 0.3) is 0 Å². The lowest BCUT2D eigenvalue weighted by atomic mass is 10.3. The van der Waals surface area contributed by atoms with Gasteiger partial charge in [0.15, 0.2) is 0 Å². The minimum absolute atomic E-state index is 0.864. The van der Waals surface area contributed by atoms with Gasteiger partial charge in [0, 0.05) is 13.1 Å². The molecule has 0 atom stereocenters. The maximum atomic E-state index is 3.27. The molecule has 1 aliphatic heterocycles. The standard InChI is InChI=1S/C10H17N5/c1-3-11-14-10-8-6-5-7-9(10)13-15(14)12-4-2/h5-8,11-13H,3-4H2,1-2H3. The van der Waals surface area contributed by atoms with Gasteiger partial charge in [-0.1, -0.05) is 26.0 Å². The van der Waals surface area contributed by atoms with E-state index in [1.54, 1.807) is 0 Å². The molecule has 0 fully saturated rings. The normalized spacial score (nSPS) is 15.2. The second kappa shape index (κ2) is 4.48. The summed E-state index contributed by atoms with van der Waals surface area (Å²) in [6.45, 7) is 5.88. The first-order valence-corrected chi connectivity index (χ1v) is 5.29. The van der Waals surface area contributed by atoms with Crippen LogP contribution in [0.25, 0.3) is 0 Å². The molecule has 82 valence electrons. The van der Waals surface area contributed by atoms with Gasteiger partial charge >= 0.3 is 0 Å². The van der Waals surface area contributed by atoms with Crippen LogP contribution in [0, 0.1) is 0 Å². The summed E-state index contributed by atoms with van der Waals surface area (Å²) >= 11 is 0. The van der Waals surface area contributed by atoms with E-state index in [4.69, 9.17) is 0 Å². The molecule has 0 saturated carbocycles. The highest BCUT2D eigenvalue weighted by Gasteiger charge is 2.25. The Morgan fingerprint density at radius 2 is 1.87 bits per heavy atom. The Kier molecular flexibility index (Phi) is 3.05. The predicted octanol–water partition coefficient (Wildman–Crippen LogP) is 1.10. The number of nitrogens with one attached hydrogen (secondary N) is 3. The van der Waals surface area contributed by atoms with Gasteiger partial charge in [-0.3, -0.25) is 5.43 Å². The van der Waals surface area contributed by atoms with Gasteiger partial charge in [-0.2, -0.15) is 0 Å². The first kappa shape index (κ1) is 10.2. The topological polar surface area (TPSA) is 42.6 Å². The summed E-state index contributed by atoms with van der Waals surface area (Å²) in [6, 6.07) is 8.17. The van der Waals surface area contributed by atoms with E-state index in [1.807, 2.05) is 22.5 Å². The van der Waals surface area contributed by atoms with Crippen molar-refractivity contribution in [3.05, 3.63) is 24.3 Å². The Bertz CT molecular complexity index is 327. The molecule has 5 heteroatoms. The molecule has 0 saturated heterocycles. The van der Waals surface area contributed by atoms with Crippen molar-refractivity contribution in [2.24, 2.45) is 0 Å². The molecule has 5 nitrogen and oxygen atoms in total. The number of anilines is 2. The zero-order valence-corrected chi connectivity index (χ0v) is 9.12. The molecule has 0 spiro atoms. The zero-order valence-electron chi connectivity index (χ0n) is 9.12. The summed E-state index contributed by atoms with van der Waals surface area (Å²) in [7, 11) is 0. The fraction of sp³-hybridized carbons (Fsp3) is 0.400. The Morgan fingerprint density at radius 1 is 1.13 bits per heavy atom. The number of hydrogen-bond acceptors (Lipinski definition) is 5. The molecule has 0 bridgehead atoms. The number of para-hydroxylation sites is 2. The predicted molar refractivity (Wildman–Crippen MR) is 61.7 cm³/mol. The van der Waals surface area contributed by atoms with Crippen LogP contribution in [0.1, 0.15) is 13.8 Å². The summed E-state index contributed by atoms with van der Waals surface area (Å²) in [6.07, 6.45) is 0. The van der Waals surface area contributed by atoms with E-state index in [0.717, 1.165) is 24.5 Å². The van der Waals surface area contributed by atoms with Crippen molar-refractivity contribution in [3.8, 4) is 0 Å². The van der Waals surface area contributed by atoms with E-state index >= 15 is 0 Å². The first-order valence-electron chi connectivity index (χ1n) is 5.29. The third kappa shape index (κ3) is 1.90. The van der Waals surface area contributed by atoms with Crippen molar-refractivity contribution in [2.75, 3.05) is 23.6 Å². The van der Waals surface area contributed by atoms with Gasteiger partial charge in [-0.15, -0.1) is 0 Å². The molecule has 3 N–H and O–H groups in total. The van der Waals surface area contributed by atoms with Crippen molar-refractivity contribution < 1.29 is 0 Å². The van der Waals surface area contributed by atoms with Crippen molar-refractivity contribution in [1.82, 2.24) is 16.1 Å². The van der Waals surface area contributed by atoms with E-state index in [1.165, 1.54) is 0 Å². The maximum absolute atomic E-state index is 3.27. The highest BCUT2D eigenvalue weighted by Crippen LogP contribution is 2.30. The molecule has 0 aromatic heterocycles. The molecule has 2 rings (SSSR count). The molecule has 0 radical (unpaired) electrons. The third-order valence-electron chi connectivity index (χ3n) is 2.17. The lowest BCUT2D eigenvalue weighted by Crippen LogP contribution is -2.56. The number of rotatable bonds is 4. The monoisotopic (exact) mass is 207 g/mol. The van der Waals surface area contributed by atoms with E-state index in [9.17, 15) is 0 Å². The van der Waals surface area contributed by atoms with Gasteiger partial charge in [0.1, 0.15) is 0 Å². The van der Waals surface area contributed by atoms with E-state index in [-0.39, 0.29) is 0 Å². The minimum Gasteiger partial charge on any atom is -0.284 e. The summed E-state index contributed by atoms with van der Waals surface area (Å²) in [5, 5.41) is 3.83. The largest absolute Gasteiger partial charge is 0.284 e. The van der Waals surface area contributed by atoms with Crippen LogP contribution < -0.4 is 21.4 Å². The highest BCUT2D eigenvalue weighted by molar-refractivity contribution is 5.72. The molecule has 0 aliphatic carbocycles. The number of fused-ring (bicyclic) bond motifs is 1. The fourth-order valence-electron chi connectivity index (χ4n) is 1.59. The van der Waals surface area contributed by atoms with Gasteiger partial charge in [0.2, 0.25) is 0 Å². The molecular weight excluding hydrogens is 190 g/mol. The molecule has 0 amide bonds. The average molecular weight is 207 g/mol.